The predicted molar refractivity (Wildman–Crippen MR) is 90.7 cm³/mol. The Hall–Kier alpha value is -2.65. The predicted octanol–water partition coefficient (Wildman–Crippen LogP) is 2.11. The average molecular weight is 351 g/mol. The molecule has 0 saturated carbocycles. The lowest BCUT2D eigenvalue weighted by Gasteiger charge is -2.14. The molecular weight excluding hydrogens is 334 g/mol. The summed E-state index contributed by atoms with van der Waals surface area (Å²) in [6.07, 6.45) is 0. The highest BCUT2D eigenvalue weighted by molar-refractivity contribution is 7.92. The van der Waals surface area contributed by atoms with Gasteiger partial charge in [-0.25, -0.2) is 8.42 Å². The molecule has 0 fully saturated rings. The van der Waals surface area contributed by atoms with Gasteiger partial charge < -0.3 is 10.4 Å². The quantitative estimate of drug-likeness (QED) is 0.519. The van der Waals surface area contributed by atoms with Crippen LogP contribution in [0.25, 0.3) is 0 Å². The van der Waals surface area contributed by atoms with E-state index in [-0.39, 0.29) is 29.4 Å². The Bertz CT molecular complexity index is 835. The average Bonchev–Trinajstić information content (AvgIpc) is 2.53. The fourth-order valence-electron chi connectivity index (χ4n) is 2.00. The first-order valence-corrected chi connectivity index (χ1v) is 8.54. The SMILES string of the molecule is Cc1ccc(S(=O)(=O)Nc2cc([N+](=O)[O-])ccc2NCCO)cc1. The van der Waals surface area contributed by atoms with Crippen molar-refractivity contribution in [3.05, 3.63) is 58.1 Å². The Balaban J connectivity index is 2.39. The van der Waals surface area contributed by atoms with E-state index in [1.165, 1.54) is 24.3 Å². The second kappa shape index (κ2) is 7.28. The molecule has 9 heteroatoms. The fourth-order valence-corrected chi connectivity index (χ4v) is 3.07. The van der Waals surface area contributed by atoms with Crippen LogP contribution in [0.3, 0.4) is 0 Å². The van der Waals surface area contributed by atoms with E-state index >= 15 is 0 Å². The highest BCUT2D eigenvalue weighted by Gasteiger charge is 2.18. The van der Waals surface area contributed by atoms with Gasteiger partial charge in [0.15, 0.2) is 0 Å². The van der Waals surface area contributed by atoms with Gasteiger partial charge in [-0.15, -0.1) is 0 Å². The van der Waals surface area contributed by atoms with Crippen LogP contribution < -0.4 is 10.0 Å². The van der Waals surface area contributed by atoms with Crippen LogP contribution in [0.1, 0.15) is 5.56 Å². The zero-order valence-electron chi connectivity index (χ0n) is 12.9. The molecule has 0 unspecified atom stereocenters. The molecule has 0 atom stereocenters. The van der Waals surface area contributed by atoms with Crippen molar-refractivity contribution >= 4 is 27.1 Å². The van der Waals surface area contributed by atoms with Crippen LogP contribution >= 0.6 is 0 Å². The smallest absolute Gasteiger partial charge is 0.271 e. The number of sulfonamides is 1. The van der Waals surface area contributed by atoms with E-state index in [1.807, 2.05) is 6.92 Å². The first-order valence-electron chi connectivity index (χ1n) is 7.06. The number of benzene rings is 2. The third-order valence-electron chi connectivity index (χ3n) is 3.22. The van der Waals surface area contributed by atoms with Crippen LogP contribution in [-0.4, -0.2) is 31.6 Å². The lowest BCUT2D eigenvalue weighted by atomic mass is 10.2. The number of aliphatic hydroxyl groups excluding tert-OH is 1. The Morgan fingerprint density at radius 1 is 1.12 bits per heavy atom. The molecule has 0 aliphatic rings. The number of hydrogen-bond acceptors (Lipinski definition) is 6. The number of non-ortho nitro benzene ring substituents is 1. The van der Waals surface area contributed by atoms with Crippen molar-refractivity contribution in [1.29, 1.82) is 0 Å². The van der Waals surface area contributed by atoms with Crippen LogP contribution in [0.5, 0.6) is 0 Å². The third-order valence-corrected chi connectivity index (χ3v) is 4.60. The number of nitro benzene ring substituents is 1. The van der Waals surface area contributed by atoms with Crippen molar-refractivity contribution in [3.63, 3.8) is 0 Å². The fraction of sp³-hybridized carbons (Fsp3) is 0.200. The first-order chi connectivity index (χ1) is 11.3. The standard InChI is InChI=1S/C15H17N3O5S/c1-11-2-5-13(6-3-11)24(22,23)17-15-10-12(18(20)21)4-7-14(15)16-8-9-19/h2-7,10,16-17,19H,8-9H2,1H3. The lowest BCUT2D eigenvalue weighted by Crippen LogP contribution is -2.15. The largest absolute Gasteiger partial charge is 0.395 e. The topological polar surface area (TPSA) is 122 Å². The molecule has 0 radical (unpaired) electrons. The number of nitrogens with zero attached hydrogens (tertiary/aromatic N) is 1. The summed E-state index contributed by atoms with van der Waals surface area (Å²) in [6.45, 7) is 1.85. The molecule has 0 aliphatic heterocycles. The highest BCUT2D eigenvalue weighted by Crippen LogP contribution is 2.29. The zero-order chi connectivity index (χ0) is 17.7. The van der Waals surface area contributed by atoms with Crippen molar-refractivity contribution in [1.82, 2.24) is 0 Å². The number of anilines is 2. The molecular formula is C15H17N3O5S. The summed E-state index contributed by atoms with van der Waals surface area (Å²) < 4.78 is 27.3. The molecule has 3 N–H and O–H groups in total. The van der Waals surface area contributed by atoms with Gasteiger partial charge in [0.25, 0.3) is 15.7 Å². The van der Waals surface area contributed by atoms with Gasteiger partial charge in [-0.3, -0.25) is 14.8 Å². The minimum absolute atomic E-state index is 0.0400. The molecule has 8 nitrogen and oxygen atoms in total. The third kappa shape index (κ3) is 4.21. The van der Waals surface area contributed by atoms with Gasteiger partial charge in [0.1, 0.15) is 0 Å². The number of rotatable bonds is 7. The molecule has 2 rings (SSSR count). The summed E-state index contributed by atoms with van der Waals surface area (Å²) in [5, 5.41) is 22.6. The van der Waals surface area contributed by atoms with Crippen molar-refractivity contribution in [3.8, 4) is 0 Å². The second-order valence-corrected chi connectivity index (χ2v) is 6.74. The second-order valence-electron chi connectivity index (χ2n) is 5.06. The van der Waals surface area contributed by atoms with Crippen LogP contribution in [0.2, 0.25) is 0 Å². The van der Waals surface area contributed by atoms with Gasteiger partial charge in [0, 0.05) is 18.7 Å². The van der Waals surface area contributed by atoms with Crippen LogP contribution in [0.4, 0.5) is 17.1 Å². The maximum atomic E-state index is 12.5. The van der Waals surface area contributed by atoms with E-state index in [0.29, 0.717) is 5.69 Å². The molecule has 0 amide bonds. The zero-order valence-corrected chi connectivity index (χ0v) is 13.7. The van der Waals surface area contributed by atoms with Crippen LogP contribution in [-0.2, 0) is 10.0 Å². The molecule has 0 aromatic heterocycles. The summed E-state index contributed by atoms with van der Waals surface area (Å²) >= 11 is 0. The summed E-state index contributed by atoms with van der Waals surface area (Å²) in [5.74, 6) is 0. The van der Waals surface area contributed by atoms with Gasteiger partial charge in [-0.2, -0.15) is 0 Å². The lowest BCUT2D eigenvalue weighted by molar-refractivity contribution is -0.384. The number of aryl methyl sites for hydroxylation is 1. The van der Waals surface area contributed by atoms with Crippen molar-refractivity contribution < 1.29 is 18.4 Å². The van der Waals surface area contributed by atoms with Crippen molar-refractivity contribution in [2.24, 2.45) is 0 Å². The maximum Gasteiger partial charge on any atom is 0.271 e. The van der Waals surface area contributed by atoms with Gasteiger partial charge in [-0.05, 0) is 25.1 Å². The van der Waals surface area contributed by atoms with Crippen molar-refractivity contribution in [2.75, 3.05) is 23.2 Å². The summed E-state index contributed by atoms with van der Waals surface area (Å²) in [7, 11) is -3.90. The molecule has 2 aromatic carbocycles. The minimum atomic E-state index is -3.90. The summed E-state index contributed by atoms with van der Waals surface area (Å²) in [4.78, 5) is 10.4. The van der Waals surface area contributed by atoms with Gasteiger partial charge in [0.2, 0.25) is 0 Å². The summed E-state index contributed by atoms with van der Waals surface area (Å²) in [6, 6.07) is 10.0. The van der Waals surface area contributed by atoms with E-state index in [9.17, 15) is 18.5 Å². The molecule has 0 spiro atoms. The number of nitro groups is 1. The number of aliphatic hydroxyl groups is 1. The molecule has 0 saturated heterocycles. The molecule has 0 heterocycles. The Morgan fingerprint density at radius 2 is 1.79 bits per heavy atom. The number of nitrogens with one attached hydrogen (secondary N) is 2. The van der Waals surface area contributed by atoms with E-state index in [4.69, 9.17) is 5.11 Å². The Kier molecular flexibility index (Phi) is 5.37. The highest BCUT2D eigenvalue weighted by atomic mass is 32.2. The monoisotopic (exact) mass is 351 g/mol. The molecule has 0 aliphatic carbocycles. The number of hydrogen-bond donors (Lipinski definition) is 3. The molecule has 2 aromatic rings. The maximum absolute atomic E-state index is 12.5. The normalized spacial score (nSPS) is 11.1. The van der Waals surface area contributed by atoms with Crippen LogP contribution in [0, 0.1) is 17.0 Å². The van der Waals surface area contributed by atoms with Gasteiger partial charge >= 0.3 is 0 Å². The van der Waals surface area contributed by atoms with E-state index in [0.717, 1.165) is 11.6 Å². The van der Waals surface area contributed by atoms with E-state index in [2.05, 4.69) is 10.0 Å². The van der Waals surface area contributed by atoms with Gasteiger partial charge in [0.05, 0.1) is 27.8 Å². The Morgan fingerprint density at radius 3 is 2.38 bits per heavy atom. The van der Waals surface area contributed by atoms with E-state index in [1.54, 1.807) is 12.1 Å². The van der Waals surface area contributed by atoms with Gasteiger partial charge in [-0.1, -0.05) is 17.7 Å². The minimum Gasteiger partial charge on any atom is -0.395 e. The van der Waals surface area contributed by atoms with Crippen molar-refractivity contribution in [2.45, 2.75) is 11.8 Å². The van der Waals surface area contributed by atoms with Crippen LogP contribution in [0.15, 0.2) is 47.4 Å². The Labute approximate surface area is 139 Å². The molecule has 0 bridgehead atoms. The summed E-state index contributed by atoms with van der Waals surface area (Å²) in [5.41, 5.74) is 1.05. The van der Waals surface area contributed by atoms with E-state index < -0.39 is 14.9 Å². The molecule has 128 valence electrons. The molecule has 24 heavy (non-hydrogen) atoms. The first kappa shape index (κ1) is 17.7.